The Bertz CT molecular complexity index is 725. The summed E-state index contributed by atoms with van der Waals surface area (Å²) in [6.45, 7) is 2.62. The molecule has 0 aliphatic heterocycles. The lowest BCUT2D eigenvalue weighted by Gasteiger charge is -2.07. The topological polar surface area (TPSA) is 50.7 Å². The molecule has 0 fully saturated rings. The van der Waals surface area contributed by atoms with Gasteiger partial charge in [0.15, 0.2) is 11.0 Å². The average molecular weight is 291 g/mol. The molecule has 0 bridgehead atoms. The van der Waals surface area contributed by atoms with Gasteiger partial charge in [0.1, 0.15) is 5.01 Å². The number of hydrogen-bond donors (Lipinski definition) is 1. The van der Waals surface area contributed by atoms with Gasteiger partial charge in [0.05, 0.1) is 6.54 Å². The molecule has 0 aliphatic carbocycles. The van der Waals surface area contributed by atoms with Crippen molar-refractivity contribution < 1.29 is 0 Å². The lowest BCUT2D eigenvalue weighted by Crippen LogP contribution is -2.03. The Balaban J connectivity index is 1.91. The summed E-state index contributed by atoms with van der Waals surface area (Å²) in [6, 6.07) is 7.80. The molecule has 0 amide bonds. The van der Waals surface area contributed by atoms with Gasteiger partial charge in [-0.2, -0.15) is 0 Å². The van der Waals surface area contributed by atoms with Crippen molar-refractivity contribution in [2.75, 3.05) is 5.32 Å². The fourth-order valence-electron chi connectivity index (χ4n) is 1.84. The van der Waals surface area contributed by atoms with Gasteiger partial charge in [-0.15, -0.1) is 21.5 Å². The van der Waals surface area contributed by atoms with E-state index in [1.54, 1.807) is 11.3 Å². The van der Waals surface area contributed by atoms with Gasteiger partial charge in [-0.25, -0.2) is 4.98 Å². The van der Waals surface area contributed by atoms with Crippen LogP contribution in [-0.2, 0) is 6.54 Å². The first-order valence-electron chi connectivity index (χ1n) is 5.80. The third kappa shape index (κ3) is 2.52. The summed E-state index contributed by atoms with van der Waals surface area (Å²) in [4.78, 5) is 4.41. The first kappa shape index (κ1) is 12.3. The molecule has 0 aliphatic rings. The van der Waals surface area contributed by atoms with E-state index >= 15 is 0 Å². The number of aromatic nitrogens is 3. The first-order chi connectivity index (χ1) is 9.24. The fraction of sp³-hybridized carbons (Fsp3) is 0.154. The van der Waals surface area contributed by atoms with E-state index in [-0.39, 0.29) is 0 Å². The Hall–Kier alpha value is -1.72. The maximum atomic E-state index is 6.04. The first-order valence-corrected chi connectivity index (χ1v) is 7.05. The van der Waals surface area contributed by atoms with E-state index in [2.05, 4.69) is 20.5 Å². The predicted molar refractivity (Wildman–Crippen MR) is 78.7 cm³/mol. The highest BCUT2D eigenvalue weighted by Crippen LogP contribution is 2.26. The second-order valence-corrected chi connectivity index (χ2v) is 5.42. The molecule has 0 unspecified atom stereocenters. The van der Waals surface area contributed by atoms with Crippen LogP contribution in [0.4, 0.5) is 5.82 Å². The Morgan fingerprint density at radius 1 is 1.21 bits per heavy atom. The molecule has 2 heterocycles. The standard InChI is InChI=1S/C13H11ClN4S/c1-8-7-19-11(16-8)6-15-13-10-5-3-2-4-9(10)12(14)17-18-13/h2-5,7H,6H2,1H3,(H,15,18). The number of nitrogens with one attached hydrogen (secondary N) is 1. The summed E-state index contributed by atoms with van der Waals surface area (Å²) >= 11 is 7.67. The molecule has 0 spiro atoms. The van der Waals surface area contributed by atoms with E-state index in [9.17, 15) is 0 Å². The van der Waals surface area contributed by atoms with Crippen LogP contribution in [0.25, 0.3) is 10.8 Å². The summed E-state index contributed by atoms with van der Waals surface area (Å²) in [7, 11) is 0. The van der Waals surface area contributed by atoms with Crippen molar-refractivity contribution in [3.05, 3.63) is 45.5 Å². The highest BCUT2D eigenvalue weighted by atomic mass is 35.5. The molecule has 6 heteroatoms. The maximum Gasteiger partial charge on any atom is 0.159 e. The van der Waals surface area contributed by atoms with Gasteiger partial charge in [0.25, 0.3) is 0 Å². The molecule has 0 saturated carbocycles. The van der Waals surface area contributed by atoms with Crippen molar-refractivity contribution in [2.45, 2.75) is 13.5 Å². The van der Waals surface area contributed by atoms with Crippen LogP contribution in [0.1, 0.15) is 10.7 Å². The molecule has 3 aromatic rings. The number of rotatable bonds is 3. The third-order valence-electron chi connectivity index (χ3n) is 2.72. The zero-order valence-corrected chi connectivity index (χ0v) is 11.8. The summed E-state index contributed by atoms with van der Waals surface area (Å²) in [5.41, 5.74) is 1.04. The fourth-order valence-corrected chi connectivity index (χ4v) is 2.76. The summed E-state index contributed by atoms with van der Waals surface area (Å²) < 4.78 is 0. The normalized spacial score (nSPS) is 10.8. The van der Waals surface area contributed by atoms with Gasteiger partial charge >= 0.3 is 0 Å². The quantitative estimate of drug-likeness (QED) is 0.800. The van der Waals surface area contributed by atoms with Crippen LogP contribution in [0.15, 0.2) is 29.6 Å². The van der Waals surface area contributed by atoms with Crippen molar-refractivity contribution in [3.8, 4) is 0 Å². The van der Waals surface area contributed by atoms with Crippen LogP contribution in [0, 0.1) is 6.92 Å². The minimum Gasteiger partial charge on any atom is -0.362 e. The summed E-state index contributed by atoms with van der Waals surface area (Å²) in [5, 5.41) is 16.7. The van der Waals surface area contributed by atoms with Crippen LogP contribution >= 0.6 is 22.9 Å². The van der Waals surface area contributed by atoms with Gasteiger partial charge in [0, 0.05) is 21.8 Å². The van der Waals surface area contributed by atoms with E-state index in [0.717, 1.165) is 27.3 Å². The van der Waals surface area contributed by atoms with Gasteiger partial charge in [-0.1, -0.05) is 35.9 Å². The monoisotopic (exact) mass is 290 g/mol. The molecule has 3 rings (SSSR count). The van der Waals surface area contributed by atoms with Crippen LogP contribution in [-0.4, -0.2) is 15.2 Å². The molecule has 0 radical (unpaired) electrons. The van der Waals surface area contributed by atoms with E-state index in [1.807, 2.05) is 36.6 Å². The van der Waals surface area contributed by atoms with E-state index in [1.165, 1.54) is 0 Å². The Morgan fingerprint density at radius 3 is 2.74 bits per heavy atom. The Labute approximate surface area is 119 Å². The van der Waals surface area contributed by atoms with Crippen LogP contribution in [0.3, 0.4) is 0 Å². The van der Waals surface area contributed by atoms with Crippen molar-refractivity contribution in [1.82, 2.24) is 15.2 Å². The maximum absolute atomic E-state index is 6.04. The summed E-state index contributed by atoms with van der Waals surface area (Å²) in [6.07, 6.45) is 0. The second-order valence-electron chi connectivity index (χ2n) is 4.12. The van der Waals surface area contributed by atoms with Gasteiger partial charge in [-0.05, 0) is 6.92 Å². The zero-order valence-electron chi connectivity index (χ0n) is 10.2. The molecule has 19 heavy (non-hydrogen) atoms. The molecule has 4 nitrogen and oxygen atoms in total. The number of fused-ring (bicyclic) bond motifs is 1. The van der Waals surface area contributed by atoms with Gasteiger partial charge in [-0.3, -0.25) is 0 Å². The van der Waals surface area contributed by atoms with Crippen molar-refractivity contribution in [2.24, 2.45) is 0 Å². The molecule has 2 aromatic heterocycles. The lowest BCUT2D eigenvalue weighted by molar-refractivity contribution is 1.00. The molecule has 0 atom stereocenters. The predicted octanol–water partition coefficient (Wildman–Crippen LogP) is 3.66. The number of benzene rings is 1. The smallest absolute Gasteiger partial charge is 0.159 e. The SMILES string of the molecule is Cc1csc(CNc2nnc(Cl)c3ccccc23)n1. The van der Waals surface area contributed by atoms with Crippen molar-refractivity contribution in [1.29, 1.82) is 0 Å². The molecular formula is C13H11ClN4S. The van der Waals surface area contributed by atoms with Crippen LogP contribution < -0.4 is 5.32 Å². The molecule has 1 aromatic carbocycles. The second kappa shape index (κ2) is 5.11. The van der Waals surface area contributed by atoms with Crippen LogP contribution in [0.5, 0.6) is 0 Å². The number of hydrogen-bond acceptors (Lipinski definition) is 5. The molecule has 0 saturated heterocycles. The average Bonchev–Trinajstić information content (AvgIpc) is 2.84. The van der Waals surface area contributed by atoms with Crippen molar-refractivity contribution >= 4 is 39.5 Å². The van der Waals surface area contributed by atoms with Gasteiger partial charge < -0.3 is 5.32 Å². The highest BCUT2D eigenvalue weighted by molar-refractivity contribution is 7.09. The molecule has 96 valence electrons. The van der Waals surface area contributed by atoms with Crippen molar-refractivity contribution in [3.63, 3.8) is 0 Å². The van der Waals surface area contributed by atoms with Gasteiger partial charge in [0.2, 0.25) is 0 Å². The molecule has 1 N–H and O–H groups in total. The lowest BCUT2D eigenvalue weighted by atomic mass is 10.2. The number of thiazole rings is 1. The van der Waals surface area contributed by atoms with Crippen LogP contribution in [0.2, 0.25) is 5.15 Å². The number of nitrogens with zero attached hydrogens (tertiary/aromatic N) is 3. The third-order valence-corrected chi connectivity index (χ3v) is 3.96. The highest BCUT2D eigenvalue weighted by Gasteiger charge is 2.07. The number of aryl methyl sites for hydroxylation is 1. The number of anilines is 1. The summed E-state index contributed by atoms with van der Waals surface area (Å²) in [5.74, 6) is 0.729. The zero-order chi connectivity index (χ0) is 13.2. The van der Waals surface area contributed by atoms with E-state index in [4.69, 9.17) is 11.6 Å². The minimum atomic E-state index is 0.422. The van der Waals surface area contributed by atoms with E-state index < -0.39 is 0 Å². The minimum absolute atomic E-state index is 0.422. The molecular weight excluding hydrogens is 280 g/mol. The van der Waals surface area contributed by atoms with E-state index in [0.29, 0.717) is 11.7 Å². The Kier molecular flexibility index (Phi) is 3.31. The number of halogens is 1. The Morgan fingerprint density at radius 2 is 2.00 bits per heavy atom. The largest absolute Gasteiger partial charge is 0.362 e.